The lowest BCUT2D eigenvalue weighted by Gasteiger charge is -2.31. The number of aromatic nitrogens is 1. The van der Waals surface area contributed by atoms with Gasteiger partial charge in [-0.05, 0) is 18.9 Å². The fourth-order valence-corrected chi connectivity index (χ4v) is 2.23. The smallest absolute Gasteiger partial charge is 0.319 e. The normalized spacial score (nSPS) is 12.9. The first-order valence-corrected chi connectivity index (χ1v) is 6.57. The Bertz CT molecular complexity index is 557. The van der Waals surface area contributed by atoms with Crippen LogP contribution in [0, 0.1) is 28.6 Å². The van der Waals surface area contributed by atoms with Gasteiger partial charge in [-0.15, -0.1) is 0 Å². The Morgan fingerprint density at radius 3 is 2.43 bits per heavy atom. The van der Waals surface area contributed by atoms with Crippen LogP contribution in [-0.4, -0.2) is 24.7 Å². The molecule has 1 heterocycles. The number of pyridine rings is 1. The van der Waals surface area contributed by atoms with Crippen molar-refractivity contribution in [2.45, 2.75) is 25.7 Å². The number of carbonyl (C=O) groups excluding carboxylic acids is 1. The molecule has 6 nitrogen and oxygen atoms in total. The van der Waals surface area contributed by atoms with Crippen LogP contribution in [0.15, 0.2) is 18.3 Å². The van der Waals surface area contributed by atoms with Crippen LogP contribution in [-0.2, 0) is 14.9 Å². The van der Waals surface area contributed by atoms with Crippen molar-refractivity contribution in [1.82, 2.24) is 4.98 Å². The van der Waals surface area contributed by atoms with Gasteiger partial charge in [0.05, 0.1) is 25.9 Å². The molecule has 0 spiro atoms. The predicted molar refractivity (Wildman–Crippen MR) is 74.1 cm³/mol. The molecule has 0 unspecified atom stereocenters. The topological polar surface area (TPSA) is 96.0 Å². The molecule has 0 fully saturated rings. The second-order valence-electron chi connectivity index (χ2n) is 4.33. The highest BCUT2D eigenvalue weighted by Gasteiger charge is 2.48. The molecule has 1 rings (SSSR count). The molecule has 0 bridgehead atoms. The molecule has 0 saturated carbocycles. The Morgan fingerprint density at radius 2 is 2.05 bits per heavy atom. The molecule has 1 atom stereocenters. The summed E-state index contributed by atoms with van der Waals surface area (Å²) in [5, 5.41) is 18.5. The van der Waals surface area contributed by atoms with Gasteiger partial charge in [-0.1, -0.05) is 13.0 Å². The molecule has 0 aliphatic rings. The first-order valence-electron chi connectivity index (χ1n) is 6.57. The number of nitriles is 2. The molecule has 0 N–H and O–H groups in total. The van der Waals surface area contributed by atoms with Crippen molar-refractivity contribution >= 4 is 5.97 Å². The maximum Gasteiger partial charge on any atom is 0.319 e. The lowest BCUT2D eigenvalue weighted by molar-refractivity contribution is -0.151. The van der Waals surface area contributed by atoms with Gasteiger partial charge in [-0.3, -0.25) is 4.79 Å². The second kappa shape index (κ2) is 7.25. The summed E-state index contributed by atoms with van der Waals surface area (Å²) in [6.45, 7) is 3.59. The molecular formula is C15H17N3O3. The van der Waals surface area contributed by atoms with E-state index in [1.807, 2.05) is 12.1 Å². The number of methoxy groups -OCH3 is 1. The maximum atomic E-state index is 12.4. The van der Waals surface area contributed by atoms with E-state index in [9.17, 15) is 15.3 Å². The molecular weight excluding hydrogens is 270 g/mol. The molecule has 0 aliphatic heterocycles. The van der Waals surface area contributed by atoms with Gasteiger partial charge in [0.2, 0.25) is 5.88 Å². The molecule has 110 valence electrons. The number of hydrogen-bond donors (Lipinski definition) is 0. The van der Waals surface area contributed by atoms with Crippen LogP contribution in [0.2, 0.25) is 0 Å². The van der Waals surface area contributed by atoms with Crippen LogP contribution >= 0.6 is 0 Å². The standard InChI is InChI=1S/C15H17N3O3/c1-4-15(12(8-16)9-17,14(19)21-5-2)11-6-7-13(20-3)18-10-11/h6-7,10,12H,4-5H2,1-3H3/t15-/m0/s1. The lowest BCUT2D eigenvalue weighted by Crippen LogP contribution is -2.43. The van der Waals surface area contributed by atoms with E-state index in [1.165, 1.54) is 13.3 Å². The minimum absolute atomic E-state index is 0.174. The summed E-state index contributed by atoms with van der Waals surface area (Å²) in [6, 6.07) is 7.00. The molecule has 21 heavy (non-hydrogen) atoms. The van der Waals surface area contributed by atoms with Crippen LogP contribution in [0.25, 0.3) is 0 Å². The van der Waals surface area contributed by atoms with Crippen molar-refractivity contribution in [3.8, 4) is 18.0 Å². The van der Waals surface area contributed by atoms with Crippen molar-refractivity contribution in [2.75, 3.05) is 13.7 Å². The summed E-state index contributed by atoms with van der Waals surface area (Å²) >= 11 is 0. The fraction of sp³-hybridized carbons (Fsp3) is 0.467. The summed E-state index contributed by atoms with van der Waals surface area (Å²) in [4.78, 5) is 16.5. The Hall–Kier alpha value is -2.60. The number of nitrogens with zero attached hydrogens (tertiary/aromatic N) is 3. The molecule has 0 radical (unpaired) electrons. The molecule has 1 aromatic rings. The van der Waals surface area contributed by atoms with Crippen LogP contribution < -0.4 is 4.74 Å². The van der Waals surface area contributed by atoms with Crippen molar-refractivity contribution in [3.05, 3.63) is 23.9 Å². The second-order valence-corrected chi connectivity index (χ2v) is 4.33. The summed E-state index contributed by atoms with van der Waals surface area (Å²) in [6.07, 6.45) is 1.70. The Kier molecular flexibility index (Phi) is 5.68. The van der Waals surface area contributed by atoms with E-state index >= 15 is 0 Å². The van der Waals surface area contributed by atoms with Gasteiger partial charge in [0.1, 0.15) is 5.41 Å². The van der Waals surface area contributed by atoms with Crippen molar-refractivity contribution in [1.29, 1.82) is 10.5 Å². The van der Waals surface area contributed by atoms with Crippen LogP contribution in [0.5, 0.6) is 5.88 Å². The van der Waals surface area contributed by atoms with Crippen molar-refractivity contribution in [2.24, 2.45) is 5.92 Å². The zero-order valence-corrected chi connectivity index (χ0v) is 12.3. The third kappa shape index (κ3) is 2.95. The van der Waals surface area contributed by atoms with E-state index in [-0.39, 0.29) is 13.0 Å². The van der Waals surface area contributed by atoms with Gasteiger partial charge in [-0.2, -0.15) is 10.5 Å². The third-order valence-electron chi connectivity index (χ3n) is 3.41. The highest BCUT2D eigenvalue weighted by atomic mass is 16.5. The number of ether oxygens (including phenoxy) is 2. The van der Waals surface area contributed by atoms with E-state index in [2.05, 4.69) is 4.98 Å². The Balaban J connectivity index is 3.45. The maximum absolute atomic E-state index is 12.4. The minimum Gasteiger partial charge on any atom is -0.481 e. The van der Waals surface area contributed by atoms with Gasteiger partial charge in [0.15, 0.2) is 5.92 Å². The van der Waals surface area contributed by atoms with E-state index < -0.39 is 17.3 Å². The largest absolute Gasteiger partial charge is 0.481 e. The van der Waals surface area contributed by atoms with Crippen molar-refractivity contribution in [3.63, 3.8) is 0 Å². The first kappa shape index (κ1) is 16.5. The number of esters is 1. The number of rotatable bonds is 6. The van der Waals surface area contributed by atoms with E-state index in [0.29, 0.717) is 11.4 Å². The number of carbonyl (C=O) groups is 1. The number of hydrogen-bond acceptors (Lipinski definition) is 6. The summed E-state index contributed by atoms with van der Waals surface area (Å²) in [7, 11) is 1.48. The quantitative estimate of drug-likeness (QED) is 0.742. The molecule has 6 heteroatoms. The molecule has 0 aromatic carbocycles. The summed E-state index contributed by atoms with van der Waals surface area (Å²) in [5.41, 5.74) is -0.879. The van der Waals surface area contributed by atoms with Gasteiger partial charge < -0.3 is 9.47 Å². The highest BCUT2D eigenvalue weighted by molar-refractivity contribution is 5.84. The van der Waals surface area contributed by atoms with Crippen LogP contribution in [0.3, 0.4) is 0 Å². The Morgan fingerprint density at radius 1 is 1.38 bits per heavy atom. The zero-order valence-electron chi connectivity index (χ0n) is 12.3. The van der Waals surface area contributed by atoms with Gasteiger partial charge in [-0.25, -0.2) is 4.98 Å². The third-order valence-corrected chi connectivity index (χ3v) is 3.41. The molecule has 0 saturated heterocycles. The minimum atomic E-state index is -1.35. The molecule has 1 aromatic heterocycles. The van der Waals surface area contributed by atoms with Crippen LogP contribution in [0.1, 0.15) is 25.8 Å². The molecule has 0 aliphatic carbocycles. The lowest BCUT2D eigenvalue weighted by atomic mass is 9.69. The van der Waals surface area contributed by atoms with E-state index in [4.69, 9.17) is 9.47 Å². The SMILES string of the molecule is CCOC(=O)[C@@](CC)(c1ccc(OC)nc1)C(C#N)C#N. The van der Waals surface area contributed by atoms with Gasteiger partial charge in [0.25, 0.3) is 0 Å². The van der Waals surface area contributed by atoms with Crippen LogP contribution in [0.4, 0.5) is 0 Å². The average Bonchev–Trinajstić information content (AvgIpc) is 2.53. The monoisotopic (exact) mass is 287 g/mol. The predicted octanol–water partition coefficient (Wildman–Crippen LogP) is 1.96. The van der Waals surface area contributed by atoms with E-state index in [1.54, 1.807) is 26.0 Å². The first-order chi connectivity index (χ1) is 10.1. The summed E-state index contributed by atoms with van der Waals surface area (Å²) < 4.78 is 10.1. The zero-order chi connectivity index (χ0) is 15.9. The fourth-order valence-electron chi connectivity index (χ4n) is 2.23. The van der Waals surface area contributed by atoms with Crippen molar-refractivity contribution < 1.29 is 14.3 Å². The average molecular weight is 287 g/mol. The Labute approximate surface area is 123 Å². The van der Waals surface area contributed by atoms with Gasteiger partial charge >= 0.3 is 5.97 Å². The highest BCUT2D eigenvalue weighted by Crippen LogP contribution is 2.37. The van der Waals surface area contributed by atoms with E-state index in [0.717, 1.165) is 0 Å². The van der Waals surface area contributed by atoms with Gasteiger partial charge in [0, 0.05) is 12.3 Å². The summed E-state index contributed by atoms with van der Waals surface area (Å²) in [5.74, 6) is -1.36. The molecule has 0 amide bonds.